The molecule has 0 radical (unpaired) electrons. The van der Waals surface area contributed by atoms with E-state index in [4.69, 9.17) is 4.74 Å². The van der Waals surface area contributed by atoms with E-state index in [0.717, 1.165) is 11.3 Å². The Morgan fingerprint density at radius 2 is 1.42 bits per heavy atom. The zero-order valence-corrected chi connectivity index (χ0v) is 21.8. The maximum atomic E-state index is 12.6. The number of aromatic nitrogens is 2. The number of esters is 1. The molecule has 0 fully saturated rings. The number of rotatable bonds is 10. The zero-order valence-electron chi connectivity index (χ0n) is 20.2. The number of hydrogen-bond donors (Lipinski definition) is 2. The van der Waals surface area contributed by atoms with Crippen LogP contribution < -0.4 is 10.6 Å². The number of benzene rings is 3. The van der Waals surface area contributed by atoms with Crippen molar-refractivity contribution in [3.05, 3.63) is 101 Å². The van der Waals surface area contributed by atoms with Gasteiger partial charge in [-0.25, -0.2) is 4.79 Å². The van der Waals surface area contributed by atoms with Crippen LogP contribution in [0.3, 0.4) is 0 Å². The van der Waals surface area contributed by atoms with Crippen LogP contribution in [0.1, 0.15) is 43.6 Å². The summed E-state index contributed by atoms with van der Waals surface area (Å²) >= 11 is 2.32. The predicted octanol–water partition coefficient (Wildman–Crippen LogP) is 4.93. The van der Waals surface area contributed by atoms with Gasteiger partial charge in [0.25, 0.3) is 5.91 Å². The number of ether oxygens (including phenoxy) is 1. The van der Waals surface area contributed by atoms with Crippen molar-refractivity contribution < 1.29 is 23.9 Å². The Morgan fingerprint density at radius 1 is 0.789 bits per heavy atom. The van der Waals surface area contributed by atoms with Crippen molar-refractivity contribution in [2.75, 3.05) is 23.0 Å². The summed E-state index contributed by atoms with van der Waals surface area (Å²) in [4.78, 5) is 49.1. The van der Waals surface area contributed by atoms with Crippen LogP contribution in [0.25, 0.3) is 0 Å². The van der Waals surface area contributed by atoms with E-state index in [-0.39, 0.29) is 35.1 Å². The Morgan fingerprint density at radius 3 is 2.11 bits per heavy atom. The van der Waals surface area contributed by atoms with Crippen molar-refractivity contribution in [3.8, 4) is 0 Å². The molecule has 2 N–H and O–H groups in total. The summed E-state index contributed by atoms with van der Waals surface area (Å²) in [5.74, 6) is -1.11. The smallest absolute Gasteiger partial charge is 0.338 e. The van der Waals surface area contributed by atoms with E-state index < -0.39 is 5.97 Å². The highest BCUT2D eigenvalue weighted by Gasteiger charge is 2.14. The topological polar surface area (TPSA) is 127 Å². The summed E-state index contributed by atoms with van der Waals surface area (Å²) in [6, 6.07) is 21.7. The minimum atomic E-state index is -0.421. The molecule has 4 rings (SSSR count). The van der Waals surface area contributed by atoms with Gasteiger partial charge in [0.15, 0.2) is 10.1 Å². The van der Waals surface area contributed by atoms with Crippen molar-refractivity contribution in [1.82, 2.24) is 10.2 Å². The highest BCUT2D eigenvalue weighted by molar-refractivity contribution is 8.01. The zero-order chi connectivity index (χ0) is 26.9. The van der Waals surface area contributed by atoms with Crippen LogP contribution in [0.5, 0.6) is 0 Å². The normalized spacial score (nSPS) is 10.4. The number of nitrogens with one attached hydrogen (secondary N) is 2. The average Bonchev–Trinajstić information content (AvgIpc) is 3.39. The van der Waals surface area contributed by atoms with Gasteiger partial charge in [-0.3, -0.25) is 19.7 Å². The fourth-order valence-electron chi connectivity index (χ4n) is 3.25. The van der Waals surface area contributed by atoms with E-state index in [0.29, 0.717) is 32.3 Å². The van der Waals surface area contributed by atoms with E-state index in [1.54, 1.807) is 79.7 Å². The highest BCUT2D eigenvalue weighted by atomic mass is 32.2. The molecule has 0 aliphatic heterocycles. The van der Waals surface area contributed by atoms with Gasteiger partial charge in [-0.05, 0) is 43.3 Å². The third-order valence-corrected chi connectivity index (χ3v) is 7.05. The van der Waals surface area contributed by atoms with E-state index in [1.165, 1.54) is 11.8 Å². The molecule has 1 heterocycles. The lowest BCUT2D eigenvalue weighted by molar-refractivity contribution is -0.113. The predicted molar refractivity (Wildman–Crippen MR) is 146 cm³/mol. The average molecular weight is 547 g/mol. The third-order valence-electron chi connectivity index (χ3n) is 5.08. The molecule has 0 saturated carbocycles. The molecule has 2 amide bonds. The standard InChI is InChI=1S/C27H22N4O5S2/c1-2-36-25(35)20-12-14-21(15-13-20)28-22(32)16-37-27-31-30-26(38-27)29-24(34)19-10-8-18(9-11-19)23(33)17-6-4-3-5-7-17/h3-15H,2,16H2,1H3,(H,28,32)(H,29,30,34). The van der Waals surface area contributed by atoms with Crippen molar-refractivity contribution in [3.63, 3.8) is 0 Å². The maximum absolute atomic E-state index is 12.6. The van der Waals surface area contributed by atoms with Gasteiger partial charge in [0, 0.05) is 22.4 Å². The van der Waals surface area contributed by atoms with Gasteiger partial charge in [0.2, 0.25) is 11.0 Å². The van der Waals surface area contributed by atoms with Crippen molar-refractivity contribution in [1.29, 1.82) is 0 Å². The number of nitrogens with zero attached hydrogens (tertiary/aromatic N) is 2. The van der Waals surface area contributed by atoms with E-state index in [1.807, 2.05) is 6.07 Å². The molecule has 0 aliphatic rings. The lowest BCUT2D eigenvalue weighted by Gasteiger charge is -2.06. The van der Waals surface area contributed by atoms with Crippen LogP contribution in [0, 0.1) is 0 Å². The molecule has 0 unspecified atom stereocenters. The first-order chi connectivity index (χ1) is 18.4. The number of thioether (sulfide) groups is 1. The molecule has 0 saturated heterocycles. The van der Waals surface area contributed by atoms with Gasteiger partial charge < -0.3 is 10.1 Å². The first-order valence-electron chi connectivity index (χ1n) is 11.5. The van der Waals surface area contributed by atoms with Crippen LogP contribution in [0.15, 0.2) is 83.2 Å². The number of carbonyl (C=O) groups excluding carboxylic acids is 4. The second-order valence-corrected chi connectivity index (χ2v) is 9.93. The number of ketones is 1. The van der Waals surface area contributed by atoms with Gasteiger partial charge in [-0.1, -0.05) is 65.6 Å². The molecule has 192 valence electrons. The van der Waals surface area contributed by atoms with Gasteiger partial charge in [0.1, 0.15) is 0 Å². The molecular formula is C27H22N4O5S2. The van der Waals surface area contributed by atoms with Crippen molar-refractivity contribution in [2.24, 2.45) is 0 Å². The summed E-state index contributed by atoms with van der Waals surface area (Å²) in [5.41, 5.74) is 2.37. The Kier molecular flexibility index (Phi) is 8.96. The Hall–Kier alpha value is -4.35. The molecule has 38 heavy (non-hydrogen) atoms. The van der Waals surface area contributed by atoms with E-state index in [9.17, 15) is 19.2 Å². The van der Waals surface area contributed by atoms with E-state index >= 15 is 0 Å². The van der Waals surface area contributed by atoms with Gasteiger partial charge >= 0.3 is 5.97 Å². The van der Waals surface area contributed by atoms with Crippen LogP contribution in [0.4, 0.5) is 10.8 Å². The Bertz CT molecular complexity index is 1440. The molecule has 0 bridgehead atoms. The summed E-state index contributed by atoms with van der Waals surface area (Å²) < 4.78 is 5.45. The third kappa shape index (κ3) is 7.11. The fraction of sp³-hybridized carbons (Fsp3) is 0.111. The summed E-state index contributed by atoms with van der Waals surface area (Å²) in [6.07, 6.45) is 0. The lowest BCUT2D eigenvalue weighted by Crippen LogP contribution is -2.14. The van der Waals surface area contributed by atoms with Crippen LogP contribution in [-0.4, -0.2) is 46.1 Å². The van der Waals surface area contributed by atoms with Crippen molar-refractivity contribution >= 4 is 57.5 Å². The van der Waals surface area contributed by atoms with E-state index in [2.05, 4.69) is 20.8 Å². The SMILES string of the molecule is CCOC(=O)c1ccc(NC(=O)CSc2nnc(NC(=O)c3ccc(C(=O)c4ccccc4)cc3)s2)cc1. The molecule has 0 spiro atoms. The maximum Gasteiger partial charge on any atom is 0.338 e. The molecular weight excluding hydrogens is 524 g/mol. The number of carbonyl (C=O) groups is 4. The minimum absolute atomic E-state index is 0.0825. The largest absolute Gasteiger partial charge is 0.462 e. The lowest BCUT2D eigenvalue weighted by atomic mass is 10.0. The fourth-order valence-corrected chi connectivity index (χ4v) is 4.79. The first kappa shape index (κ1) is 26.7. The molecule has 9 nitrogen and oxygen atoms in total. The van der Waals surface area contributed by atoms with Crippen molar-refractivity contribution in [2.45, 2.75) is 11.3 Å². The summed E-state index contributed by atoms with van der Waals surface area (Å²) in [7, 11) is 0. The van der Waals surface area contributed by atoms with Gasteiger partial charge in [-0.15, -0.1) is 10.2 Å². The minimum Gasteiger partial charge on any atom is -0.462 e. The molecule has 0 atom stereocenters. The Balaban J connectivity index is 1.26. The second kappa shape index (κ2) is 12.7. The number of hydrogen-bond acceptors (Lipinski definition) is 9. The summed E-state index contributed by atoms with van der Waals surface area (Å²) in [6.45, 7) is 2.02. The van der Waals surface area contributed by atoms with Crippen LogP contribution >= 0.6 is 23.1 Å². The highest BCUT2D eigenvalue weighted by Crippen LogP contribution is 2.26. The molecule has 1 aromatic heterocycles. The van der Waals surface area contributed by atoms with Crippen LogP contribution in [-0.2, 0) is 9.53 Å². The van der Waals surface area contributed by atoms with Crippen LogP contribution in [0.2, 0.25) is 0 Å². The van der Waals surface area contributed by atoms with Gasteiger partial charge in [0.05, 0.1) is 17.9 Å². The second-order valence-electron chi connectivity index (χ2n) is 7.73. The number of amides is 2. The molecule has 11 heteroatoms. The monoisotopic (exact) mass is 546 g/mol. The Labute approximate surface area is 226 Å². The molecule has 4 aromatic rings. The molecule has 3 aromatic carbocycles. The molecule has 0 aliphatic carbocycles. The van der Waals surface area contributed by atoms with Gasteiger partial charge in [-0.2, -0.15) is 0 Å². The number of anilines is 2. The first-order valence-corrected chi connectivity index (χ1v) is 13.3. The quantitative estimate of drug-likeness (QED) is 0.124. The summed E-state index contributed by atoms with van der Waals surface area (Å²) in [5, 5.41) is 13.7.